The van der Waals surface area contributed by atoms with E-state index >= 15 is 0 Å². The first-order chi connectivity index (χ1) is 7.36. The molecule has 1 aromatic rings. The fourth-order valence-electron chi connectivity index (χ4n) is 1.94. The zero-order valence-corrected chi connectivity index (χ0v) is 9.19. The van der Waals surface area contributed by atoms with Crippen LogP contribution in [0.4, 0.5) is 5.82 Å². The quantitative estimate of drug-likeness (QED) is 0.795. The van der Waals surface area contributed by atoms with Crippen molar-refractivity contribution in [2.45, 2.75) is 12.8 Å². The average molecular weight is 206 g/mol. The van der Waals surface area contributed by atoms with E-state index in [1.54, 1.807) is 12.4 Å². The molecule has 82 valence electrons. The Kier molecular flexibility index (Phi) is 3.50. The molecule has 0 saturated carbocycles. The molecule has 0 aromatic carbocycles. The summed E-state index contributed by atoms with van der Waals surface area (Å²) in [6, 6.07) is 0. The standard InChI is InChI=1S/C11H18N4/c1-15(11-9-13-5-6-14-11)7-3-10-2-4-12-8-10/h5-6,9-10,12H,2-4,7-8H2,1H3. The Hall–Kier alpha value is -1.16. The van der Waals surface area contributed by atoms with Gasteiger partial charge in [0, 0.05) is 26.0 Å². The maximum Gasteiger partial charge on any atom is 0.146 e. The van der Waals surface area contributed by atoms with Gasteiger partial charge in [-0.15, -0.1) is 0 Å². The number of rotatable bonds is 4. The van der Waals surface area contributed by atoms with E-state index in [9.17, 15) is 0 Å². The fraction of sp³-hybridized carbons (Fsp3) is 0.636. The van der Waals surface area contributed by atoms with E-state index in [1.165, 1.54) is 25.9 Å². The van der Waals surface area contributed by atoms with E-state index in [0.717, 1.165) is 18.3 Å². The molecule has 1 aromatic heterocycles. The van der Waals surface area contributed by atoms with Gasteiger partial charge in [0.05, 0.1) is 6.20 Å². The Morgan fingerprint density at radius 1 is 1.53 bits per heavy atom. The lowest BCUT2D eigenvalue weighted by atomic mass is 10.1. The maximum absolute atomic E-state index is 4.27. The molecule has 4 heteroatoms. The molecular formula is C11H18N4. The molecule has 1 atom stereocenters. The van der Waals surface area contributed by atoms with E-state index in [-0.39, 0.29) is 0 Å². The SMILES string of the molecule is CN(CCC1CCNC1)c1cnccn1. The van der Waals surface area contributed by atoms with Gasteiger partial charge < -0.3 is 10.2 Å². The van der Waals surface area contributed by atoms with Crippen molar-refractivity contribution in [2.24, 2.45) is 5.92 Å². The average Bonchev–Trinajstić information content (AvgIpc) is 2.80. The first kappa shape index (κ1) is 10.4. The molecule has 0 spiro atoms. The number of anilines is 1. The third kappa shape index (κ3) is 2.89. The van der Waals surface area contributed by atoms with Crippen molar-refractivity contribution in [2.75, 3.05) is 31.6 Å². The second-order valence-corrected chi connectivity index (χ2v) is 4.13. The zero-order chi connectivity index (χ0) is 10.5. The summed E-state index contributed by atoms with van der Waals surface area (Å²) in [5.74, 6) is 1.80. The first-order valence-electron chi connectivity index (χ1n) is 5.54. The molecule has 1 fully saturated rings. The van der Waals surface area contributed by atoms with Crippen molar-refractivity contribution >= 4 is 5.82 Å². The van der Waals surface area contributed by atoms with Gasteiger partial charge in [-0.2, -0.15) is 0 Å². The molecule has 0 aliphatic carbocycles. The van der Waals surface area contributed by atoms with Crippen molar-refractivity contribution in [3.63, 3.8) is 0 Å². The van der Waals surface area contributed by atoms with Crippen molar-refractivity contribution in [3.05, 3.63) is 18.6 Å². The third-order valence-electron chi connectivity index (χ3n) is 2.98. The van der Waals surface area contributed by atoms with Crippen LogP contribution in [0.2, 0.25) is 0 Å². The van der Waals surface area contributed by atoms with Crippen LogP contribution in [-0.2, 0) is 0 Å². The van der Waals surface area contributed by atoms with Crippen LogP contribution in [0, 0.1) is 5.92 Å². The molecule has 0 amide bonds. The molecule has 1 unspecified atom stereocenters. The topological polar surface area (TPSA) is 41.0 Å². The summed E-state index contributed by atoms with van der Waals surface area (Å²) in [4.78, 5) is 10.5. The minimum Gasteiger partial charge on any atom is -0.358 e. The first-order valence-corrected chi connectivity index (χ1v) is 5.54. The molecule has 0 radical (unpaired) electrons. The largest absolute Gasteiger partial charge is 0.358 e. The summed E-state index contributed by atoms with van der Waals surface area (Å²) in [6.07, 6.45) is 7.81. The molecule has 0 bridgehead atoms. The van der Waals surface area contributed by atoms with E-state index in [2.05, 4.69) is 27.2 Å². The van der Waals surface area contributed by atoms with Crippen LogP contribution in [0.15, 0.2) is 18.6 Å². The maximum atomic E-state index is 4.27. The second-order valence-electron chi connectivity index (χ2n) is 4.13. The predicted molar refractivity (Wildman–Crippen MR) is 60.9 cm³/mol. The van der Waals surface area contributed by atoms with Gasteiger partial charge in [-0.3, -0.25) is 4.98 Å². The Labute approximate surface area is 90.7 Å². The van der Waals surface area contributed by atoms with Crippen LogP contribution in [-0.4, -0.2) is 36.6 Å². The minimum atomic E-state index is 0.837. The summed E-state index contributed by atoms with van der Waals surface area (Å²) in [6.45, 7) is 3.42. The fourth-order valence-corrected chi connectivity index (χ4v) is 1.94. The lowest BCUT2D eigenvalue weighted by molar-refractivity contribution is 0.532. The number of hydrogen-bond donors (Lipinski definition) is 1. The lowest BCUT2D eigenvalue weighted by Gasteiger charge is -2.19. The molecular weight excluding hydrogens is 188 g/mol. The number of hydrogen-bond acceptors (Lipinski definition) is 4. The normalized spacial score (nSPS) is 20.5. The van der Waals surface area contributed by atoms with Crippen LogP contribution in [0.5, 0.6) is 0 Å². The van der Waals surface area contributed by atoms with Crippen molar-refractivity contribution < 1.29 is 0 Å². The number of aromatic nitrogens is 2. The van der Waals surface area contributed by atoms with Gasteiger partial charge in [0.1, 0.15) is 5.82 Å². The molecule has 1 aliphatic rings. The van der Waals surface area contributed by atoms with Gasteiger partial charge >= 0.3 is 0 Å². The molecule has 2 rings (SSSR count). The van der Waals surface area contributed by atoms with Crippen LogP contribution >= 0.6 is 0 Å². The minimum absolute atomic E-state index is 0.837. The smallest absolute Gasteiger partial charge is 0.146 e. The Bertz CT molecular complexity index is 282. The van der Waals surface area contributed by atoms with Crippen LogP contribution < -0.4 is 10.2 Å². The van der Waals surface area contributed by atoms with Gasteiger partial charge in [0.2, 0.25) is 0 Å². The molecule has 2 heterocycles. The van der Waals surface area contributed by atoms with Crippen molar-refractivity contribution in [1.82, 2.24) is 15.3 Å². The van der Waals surface area contributed by atoms with Crippen LogP contribution in [0.25, 0.3) is 0 Å². The van der Waals surface area contributed by atoms with Gasteiger partial charge in [0.15, 0.2) is 0 Å². The number of nitrogens with one attached hydrogen (secondary N) is 1. The summed E-state index contributed by atoms with van der Waals surface area (Å²) >= 11 is 0. The highest BCUT2D eigenvalue weighted by molar-refractivity contribution is 5.33. The highest BCUT2D eigenvalue weighted by Crippen LogP contribution is 2.14. The molecule has 1 saturated heterocycles. The highest BCUT2D eigenvalue weighted by Gasteiger charge is 2.14. The van der Waals surface area contributed by atoms with Crippen molar-refractivity contribution in [3.8, 4) is 0 Å². The third-order valence-corrected chi connectivity index (χ3v) is 2.98. The Morgan fingerprint density at radius 2 is 2.47 bits per heavy atom. The zero-order valence-electron chi connectivity index (χ0n) is 9.19. The predicted octanol–water partition coefficient (Wildman–Crippen LogP) is 0.912. The summed E-state index contributed by atoms with van der Waals surface area (Å²) in [5, 5.41) is 3.39. The molecule has 1 aliphatic heterocycles. The van der Waals surface area contributed by atoms with Gasteiger partial charge in [-0.25, -0.2) is 4.98 Å². The second kappa shape index (κ2) is 5.07. The monoisotopic (exact) mass is 206 g/mol. The summed E-state index contributed by atoms with van der Waals surface area (Å²) in [7, 11) is 2.08. The summed E-state index contributed by atoms with van der Waals surface area (Å²) in [5.41, 5.74) is 0. The van der Waals surface area contributed by atoms with E-state index in [0.29, 0.717) is 0 Å². The van der Waals surface area contributed by atoms with Crippen LogP contribution in [0.1, 0.15) is 12.8 Å². The Balaban J connectivity index is 1.79. The van der Waals surface area contributed by atoms with Crippen LogP contribution in [0.3, 0.4) is 0 Å². The summed E-state index contributed by atoms with van der Waals surface area (Å²) < 4.78 is 0. The molecule has 15 heavy (non-hydrogen) atoms. The number of nitrogens with zero attached hydrogens (tertiary/aromatic N) is 3. The van der Waals surface area contributed by atoms with E-state index in [1.807, 2.05) is 6.20 Å². The highest BCUT2D eigenvalue weighted by atomic mass is 15.2. The van der Waals surface area contributed by atoms with E-state index < -0.39 is 0 Å². The van der Waals surface area contributed by atoms with E-state index in [4.69, 9.17) is 0 Å². The Morgan fingerprint density at radius 3 is 3.13 bits per heavy atom. The van der Waals surface area contributed by atoms with Crippen molar-refractivity contribution in [1.29, 1.82) is 0 Å². The molecule has 1 N–H and O–H groups in total. The molecule has 4 nitrogen and oxygen atoms in total. The van der Waals surface area contributed by atoms with Gasteiger partial charge in [-0.05, 0) is 31.8 Å². The van der Waals surface area contributed by atoms with Gasteiger partial charge in [-0.1, -0.05) is 0 Å². The van der Waals surface area contributed by atoms with Gasteiger partial charge in [0.25, 0.3) is 0 Å². The lowest BCUT2D eigenvalue weighted by Crippen LogP contribution is -2.22.